The van der Waals surface area contributed by atoms with Gasteiger partial charge in [0.2, 0.25) is 5.88 Å². The lowest BCUT2D eigenvalue weighted by molar-refractivity contribution is 0.114. The first-order valence-electron chi connectivity index (χ1n) is 6.40. The third-order valence-electron chi connectivity index (χ3n) is 3.56. The molecule has 0 radical (unpaired) electrons. The number of likely N-dealkylation sites (N-methyl/N-ethyl adjacent to an activating group) is 1. The third kappa shape index (κ3) is 2.20. The highest BCUT2D eigenvalue weighted by atomic mass is 32.1. The summed E-state index contributed by atoms with van der Waals surface area (Å²) in [6.45, 7) is 0. The highest BCUT2D eigenvalue weighted by Crippen LogP contribution is 2.29. The fraction of sp³-hybridized carbons (Fsp3) is 0.538. The van der Waals surface area contributed by atoms with Crippen LogP contribution in [0.5, 0.6) is 5.88 Å². The van der Waals surface area contributed by atoms with E-state index in [2.05, 4.69) is 15.3 Å². The lowest BCUT2D eigenvalue weighted by Gasteiger charge is -2.31. The Morgan fingerprint density at radius 3 is 3.11 bits per heavy atom. The Bertz CT molecular complexity index is 528. The molecule has 4 nitrogen and oxygen atoms in total. The van der Waals surface area contributed by atoms with Crippen LogP contribution in [0.15, 0.2) is 17.8 Å². The van der Waals surface area contributed by atoms with Crippen LogP contribution < -0.4 is 10.1 Å². The van der Waals surface area contributed by atoms with Crippen molar-refractivity contribution < 1.29 is 4.74 Å². The minimum atomic E-state index is 0.224. The molecule has 96 valence electrons. The van der Waals surface area contributed by atoms with E-state index in [1.807, 2.05) is 18.5 Å². The molecule has 18 heavy (non-hydrogen) atoms. The van der Waals surface area contributed by atoms with Crippen molar-refractivity contribution in [3.05, 3.63) is 17.8 Å². The van der Waals surface area contributed by atoms with Crippen molar-refractivity contribution in [1.82, 2.24) is 15.3 Å². The highest BCUT2D eigenvalue weighted by Gasteiger charge is 2.26. The van der Waals surface area contributed by atoms with Gasteiger partial charge in [-0.25, -0.2) is 9.97 Å². The number of nitrogens with one attached hydrogen (secondary N) is 1. The van der Waals surface area contributed by atoms with Crippen LogP contribution >= 0.6 is 11.3 Å². The van der Waals surface area contributed by atoms with Gasteiger partial charge in [-0.2, -0.15) is 0 Å². The summed E-state index contributed by atoms with van der Waals surface area (Å²) in [6.07, 6.45) is 6.61. The largest absolute Gasteiger partial charge is 0.472 e. The molecule has 1 fully saturated rings. The van der Waals surface area contributed by atoms with E-state index in [-0.39, 0.29) is 6.10 Å². The van der Waals surface area contributed by atoms with Gasteiger partial charge < -0.3 is 10.1 Å². The van der Waals surface area contributed by atoms with Crippen molar-refractivity contribution in [2.45, 2.75) is 37.8 Å². The highest BCUT2D eigenvalue weighted by molar-refractivity contribution is 7.16. The number of nitrogens with zero attached hydrogens (tertiary/aromatic N) is 2. The van der Waals surface area contributed by atoms with Crippen LogP contribution in [0.25, 0.3) is 10.2 Å². The van der Waals surface area contributed by atoms with Crippen LogP contribution in [0.1, 0.15) is 25.7 Å². The molecule has 1 N–H and O–H groups in total. The smallest absolute Gasteiger partial charge is 0.225 e. The zero-order chi connectivity index (χ0) is 12.4. The molecule has 3 rings (SSSR count). The molecule has 1 saturated carbocycles. The minimum Gasteiger partial charge on any atom is -0.472 e. The van der Waals surface area contributed by atoms with Crippen LogP contribution in [-0.2, 0) is 0 Å². The Hall–Kier alpha value is -1.20. The Kier molecular flexibility index (Phi) is 3.43. The number of hydrogen-bond acceptors (Lipinski definition) is 5. The Balaban J connectivity index is 1.84. The predicted octanol–water partition coefficient (Wildman–Crippen LogP) is 2.60. The lowest BCUT2D eigenvalue weighted by Crippen LogP contribution is -2.43. The van der Waals surface area contributed by atoms with Crippen LogP contribution in [0, 0.1) is 0 Å². The molecule has 0 saturated heterocycles. The molecule has 0 spiro atoms. The van der Waals surface area contributed by atoms with Gasteiger partial charge in [0, 0.05) is 6.04 Å². The predicted molar refractivity (Wildman–Crippen MR) is 73.1 cm³/mol. The second-order valence-electron chi connectivity index (χ2n) is 4.65. The van der Waals surface area contributed by atoms with Crippen molar-refractivity contribution in [2.75, 3.05) is 7.05 Å². The van der Waals surface area contributed by atoms with Gasteiger partial charge in [0.05, 0.1) is 5.39 Å². The van der Waals surface area contributed by atoms with Gasteiger partial charge in [-0.15, -0.1) is 11.3 Å². The van der Waals surface area contributed by atoms with Crippen LogP contribution in [0.2, 0.25) is 0 Å². The molecular weight excluding hydrogens is 246 g/mol. The number of thiophene rings is 1. The summed E-state index contributed by atoms with van der Waals surface area (Å²) in [7, 11) is 2.01. The van der Waals surface area contributed by atoms with E-state index < -0.39 is 0 Å². The molecule has 5 heteroatoms. The average molecular weight is 263 g/mol. The zero-order valence-electron chi connectivity index (χ0n) is 10.4. The maximum Gasteiger partial charge on any atom is 0.225 e. The molecule has 2 aromatic heterocycles. The number of rotatable bonds is 3. The first-order valence-corrected chi connectivity index (χ1v) is 7.28. The monoisotopic (exact) mass is 263 g/mol. The number of ether oxygens (including phenoxy) is 1. The molecule has 0 aromatic carbocycles. The van der Waals surface area contributed by atoms with Crippen molar-refractivity contribution in [3.8, 4) is 5.88 Å². The summed E-state index contributed by atoms with van der Waals surface area (Å²) in [4.78, 5) is 9.53. The van der Waals surface area contributed by atoms with Gasteiger partial charge in [-0.3, -0.25) is 0 Å². The molecular formula is C13H17N3OS. The average Bonchev–Trinajstić information content (AvgIpc) is 2.89. The van der Waals surface area contributed by atoms with Crippen LogP contribution in [0.4, 0.5) is 0 Å². The first-order chi connectivity index (χ1) is 8.88. The van der Waals surface area contributed by atoms with E-state index >= 15 is 0 Å². The SMILES string of the molecule is CNC1CCCCC1Oc1ncnc2sccc12. The molecule has 0 amide bonds. The standard InChI is InChI=1S/C13H17N3OS/c1-14-10-4-2-3-5-11(10)17-12-9-6-7-18-13(9)16-8-15-12/h6-8,10-11,14H,2-5H2,1H3. The Morgan fingerprint density at radius 2 is 2.22 bits per heavy atom. The lowest BCUT2D eigenvalue weighted by atomic mass is 9.92. The van der Waals surface area contributed by atoms with E-state index in [4.69, 9.17) is 4.74 Å². The molecule has 2 aromatic rings. The topological polar surface area (TPSA) is 47.0 Å². The van der Waals surface area contributed by atoms with Gasteiger partial charge in [-0.05, 0) is 37.8 Å². The van der Waals surface area contributed by atoms with Crippen molar-refractivity contribution >= 4 is 21.6 Å². The fourth-order valence-electron chi connectivity index (χ4n) is 2.57. The maximum atomic E-state index is 6.12. The van der Waals surface area contributed by atoms with Gasteiger partial charge in [-0.1, -0.05) is 6.42 Å². The Labute approximate surface area is 110 Å². The number of hydrogen-bond donors (Lipinski definition) is 1. The Morgan fingerprint density at radius 1 is 1.33 bits per heavy atom. The molecule has 1 aliphatic rings. The summed E-state index contributed by atoms with van der Waals surface area (Å²) in [6, 6.07) is 2.47. The summed E-state index contributed by atoms with van der Waals surface area (Å²) >= 11 is 1.62. The van der Waals surface area contributed by atoms with Gasteiger partial charge in [0.1, 0.15) is 17.3 Å². The van der Waals surface area contributed by atoms with Crippen LogP contribution in [-0.4, -0.2) is 29.2 Å². The van der Waals surface area contributed by atoms with Crippen molar-refractivity contribution in [1.29, 1.82) is 0 Å². The second-order valence-corrected chi connectivity index (χ2v) is 5.55. The van der Waals surface area contributed by atoms with Gasteiger partial charge >= 0.3 is 0 Å². The van der Waals surface area contributed by atoms with Crippen LogP contribution in [0.3, 0.4) is 0 Å². The molecule has 2 heterocycles. The number of fused-ring (bicyclic) bond motifs is 1. The van der Waals surface area contributed by atoms with E-state index in [0.29, 0.717) is 6.04 Å². The summed E-state index contributed by atoms with van der Waals surface area (Å²) in [5.74, 6) is 0.730. The van der Waals surface area contributed by atoms with E-state index in [0.717, 1.165) is 22.5 Å². The summed E-state index contributed by atoms with van der Waals surface area (Å²) in [5, 5.41) is 6.41. The van der Waals surface area contributed by atoms with Crippen molar-refractivity contribution in [2.24, 2.45) is 0 Å². The maximum absolute atomic E-state index is 6.12. The normalized spacial score (nSPS) is 24.3. The quantitative estimate of drug-likeness (QED) is 0.924. The van der Waals surface area contributed by atoms with E-state index in [1.54, 1.807) is 17.7 Å². The van der Waals surface area contributed by atoms with Gasteiger partial charge in [0.15, 0.2) is 0 Å². The second kappa shape index (κ2) is 5.20. The van der Waals surface area contributed by atoms with E-state index in [1.165, 1.54) is 19.3 Å². The summed E-state index contributed by atoms with van der Waals surface area (Å²) < 4.78 is 6.12. The summed E-state index contributed by atoms with van der Waals surface area (Å²) in [5.41, 5.74) is 0. The molecule has 0 aliphatic heterocycles. The van der Waals surface area contributed by atoms with E-state index in [9.17, 15) is 0 Å². The molecule has 0 bridgehead atoms. The zero-order valence-corrected chi connectivity index (χ0v) is 11.2. The molecule has 1 aliphatic carbocycles. The minimum absolute atomic E-state index is 0.224. The third-order valence-corrected chi connectivity index (χ3v) is 4.38. The number of aromatic nitrogens is 2. The van der Waals surface area contributed by atoms with Gasteiger partial charge in [0.25, 0.3) is 0 Å². The van der Waals surface area contributed by atoms with Crippen molar-refractivity contribution in [3.63, 3.8) is 0 Å². The molecule has 2 unspecified atom stereocenters. The molecule has 2 atom stereocenters. The first kappa shape index (κ1) is 11.9. The fourth-order valence-corrected chi connectivity index (χ4v) is 3.30.